The zero-order chi connectivity index (χ0) is 18.1. The fourth-order valence-corrected chi connectivity index (χ4v) is 4.04. The molecule has 0 spiro atoms. The molecule has 2 aromatic carbocycles. The Morgan fingerprint density at radius 2 is 1.65 bits per heavy atom. The molecule has 1 aliphatic heterocycles. The number of nitrogens with one attached hydrogen (secondary N) is 1. The van der Waals surface area contributed by atoms with E-state index in [0.29, 0.717) is 0 Å². The molecule has 1 fully saturated rings. The lowest BCUT2D eigenvalue weighted by Gasteiger charge is -2.20. The number of hydrogen-bond acceptors (Lipinski definition) is 3. The monoisotopic (exact) mass is 345 g/mol. The molecule has 0 amide bonds. The summed E-state index contributed by atoms with van der Waals surface area (Å²) in [6, 6.07) is 15.5. The summed E-state index contributed by atoms with van der Waals surface area (Å²) in [5.74, 6) is 0. The highest BCUT2D eigenvalue weighted by molar-refractivity contribution is 5.94. The molecule has 3 nitrogen and oxygen atoms in total. The fourth-order valence-electron chi connectivity index (χ4n) is 4.04. The van der Waals surface area contributed by atoms with Crippen molar-refractivity contribution in [3.8, 4) is 0 Å². The first kappa shape index (κ1) is 16.9. The standard InChI is InChI=1S/C23H27N3/c1-16-10-17(2)12-19(11-16)15-24-20-6-7-21-22(14-20)25-18(3)13-23(21)26-8-4-5-9-26/h6-7,10-14,24H,4-5,8-9,15H2,1-3H3. The molecular weight excluding hydrogens is 318 g/mol. The number of pyridine rings is 1. The van der Waals surface area contributed by atoms with E-state index in [-0.39, 0.29) is 0 Å². The van der Waals surface area contributed by atoms with Gasteiger partial charge in [0.15, 0.2) is 0 Å². The van der Waals surface area contributed by atoms with Gasteiger partial charge in [-0.3, -0.25) is 4.98 Å². The largest absolute Gasteiger partial charge is 0.381 e. The van der Waals surface area contributed by atoms with E-state index in [1.165, 1.54) is 40.6 Å². The number of nitrogens with zero attached hydrogens (tertiary/aromatic N) is 2. The van der Waals surface area contributed by atoms with E-state index in [9.17, 15) is 0 Å². The van der Waals surface area contributed by atoms with E-state index < -0.39 is 0 Å². The minimum absolute atomic E-state index is 0.832. The van der Waals surface area contributed by atoms with Gasteiger partial charge in [0.25, 0.3) is 0 Å². The van der Waals surface area contributed by atoms with Crippen LogP contribution in [0.15, 0.2) is 42.5 Å². The molecule has 4 rings (SSSR count). The van der Waals surface area contributed by atoms with Gasteiger partial charge >= 0.3 is 0 Å². The Balaban J connectivity index is 1.61. The van der Waals surface area contributed by atoms with Crippen molar-refractivity contribution in [1.82, 2.24) is 4.98 Å². The van der Waals surface area contributed by atoms with Crippen LogP contribution in [0, 0.1) is 20.8 Å². The molecule has 0 saturated carbocycles. The predicted molar refractivity (Wildman–Crippen MR) is 111 cm³/mol. The smallest absolute Gasteiger partial charge is 0.0746 e. The van der Waals surface area contributed by atoms with Gasteiger partial charge in [0.2, 0.25) is 0 Å². The van der Waals surface area contributed by atoms with Gasteiger partial charge in [-0.15, -0.1) is 0 Å². The molecule has 1 N–H and O–H groups in total. The van der Waals surface area contributed by atoms with E-state index in [1.54, 1.807) is 0 Å². The van der Waals surface area contributed by atoms with Crippen molar-refractivity contribution < 1.29 is 0 Å². The van der Waals surface area contributed by atoms with Crippen LogP contribution >= 0.6 is 0 Å². The van der Waals surface area contributed by atoms with Crippen LogP contribution in [-0.4, -0.2) is 18.1 Å². The summed E-state index contributed by atoms with van der Waals surface area (Å²) in [6.07, 6.45) is 2.58. The van der Waals surface area contributed by atoms with Crippen LogP contribution in [0.4, 0.5) is 11.4 Å². The predicted octanol–water partition coefficient (Wildman–Crippen LogP) is 5.37. The van der Waals surface area contributed by atoms with Gasteiger partial charge in [-0.1, -0.05) is 29.3 Å². The van der Waals surface area contributed by atoms with Crippen LogP contribution < -0.4 is 10.2 Å². The number of rotatable bonds is 4. The van der Waals surface area contributed by atoms with Crippen LogP contribution in [0.3, 0.4) is 0 Å². The van der Waals surface area contributed by atoms with Crippen molar-refractivity contribution in [2.75, 3.05) is 23.3 Å². The van der Waals surface area contributed by atoms with Gasteiger partial charge in [-0.25, -0.2) is 0 Å². The molecule has 3 aromatic rings. The Hall–Kier alpha value is -2.55. The summed E-state index contributed by atoms with van der Waals surface area (Å²) in [4.78, 5) is 7.28. The lowest BCUT2D eigenvalue weighted by Crippen LogP contribution is -2.18. The van der Waals surface area contributed by atoms with Crippen LogP contribution in [0.25, 0.3) is 10.9 Å². The summed E-state index contributed by atoms with van der Waals surface area (Å²) in [7, 11) is 0. The number of aryl methyl sites for hydroxylation is 3. The Kier molecular flexibility index (Phi) is 4.54. The lowest BCUT2D eigenvalue weighted by atomic mass is 10.1. The summed E-state index contributed by atoms with van der Waals surface area (Å²) >= 11 is 0. The van der Waals surface area contributed by atoms with Crippen molar-refractivity contribution in [3.05, 3.63) is 64.8 Å². The second-order valence-corrected chi connectivity index (χ2v) is 7.56. The number of aromatic nitrogens is 1. The quantitative estimate of drug-likeness (QED) is 0.689. The van der Waals surface area contributed by atoms with Crippen LogP contribution in [0.2, 0.25) is 0 Å². The minimum Gasteiger partial charge on any atom is -0.381 e. The second-order valence-electron chi connectivity index (χ2n) is 7.56. The Morgan fingerprint density at radius 1 is 0.923 bits per heavy atom. The molecule has 0 radical (unpaired) electrons. The zero-order valence-corrected chi connectivity index (χ0v) is 16.0. The molecule has 1 aliphatic rings. The topological polar surface area (TPSA) is 28.2 Å². The Morgan fingerprint density at radius 3 is 2.38 bits per heavy atom. The molecule has 3 heteroatoms. The van der Waals surface area contributed by atoms with Crippen molar-refractivity contribution in [1.29, 1.82) is 0 Å². The van der Waals surface area contributed by atoms with E-state index in [1.807, 2.05) is 0 Å². The molecule has 0 unspecified atom stereocenters. The first-order valence-corrected chi connectivity index (χ1v) is 9.56. The molecule has 0 bridgehead atoms. The van der Waals surface area contributed by atoms with E-state index in [0.717, 1.165) is 36.5 Å². The van der Waals surface area contributed by atoms with Gasteiger partial charge in [0, 0.05) is 42.1 Å². The normalized spacial score (nSPS) is 14.2. The van der Waals surface area contributed by atoms with Gasteiger partial charge in [-0.05, 0) is 63.4 Å². The van der Waals surface area contributed by atoms with Gasteiger partial charge in [0.1, 0.15) is 0 Å². The third kappa shape index (κ3) is 3.52. The highest BCUT2D eigenvalue weighted by Gasteiger charge is 2.16. The molecule has 1 saturated heterocycles. The second kappa shape index (κ2) is 6.99. The maximum Gasteiger partial charge on any atom is 0.0746 e. The average Bonchev–Trinajstić information content (AvgIpc) is 3.12. The molecule has 26 heavy (non-hydrogen) atoms. The van der Waals surface area contributed by atoms with E-state index in [2.05, 4.69) is 73.5 Å². The summed E-state index contributed by atoms with van der Waals surface area (Å²) in [5.41, 5.74) is 8.58. The molecule has 0 aliphatic carbocycles. The average molecular weight is 345 g/mol. The SMILES string of the molecule is Cc1cc(C)cc(CNc2ccc3c(N4CCCC4)cc(C)nc3c2)c1. The first-order valence-electron chi connectivity index (χ1n) is 9.56. The Bertz CT molecular complexity index is 919. The zero-order valence-electron chi connectivity index (χ0n) is 16.0. The molecule has 1 aromatic heterocycles. The maximum atomic E-state index is 4.78. The van der Waals surface area contributed by atoms with Crippen molar-refractivity contribution in [3.63, 3.8) is 0 Å². The fraction of sp³-hybridized carbons (Fsp3) is 0.348. The van der Waals surface area contributed by atoms with Crippen LogP contribution in [0.5, 0.6) is 0 Å². The molecule has 134 valence electrons. The van der Waals surface area contributed by atoms with E-state index in [4.69, 9.17) is 4.98 Å². The Labute approximate surface area is 156 Å². The minimum atomic E-state index is 0.832. The van der Waals surface area contributed by atoms with Gasteiger partial charge in [-0.2, -0.15) is 0 Å². The highest BCUT2D eigenvalue weighted by Crippen LogP contribution is 2.31. The number of hydrogen-bond donors (Lipinski definition) is 1. The third-order valence-electron chi connectivity index (χ3n) is 5.14. The van der Waals surface area contributed by atoms with E-state index >= 15 is 0 Å². The van der Waals surface area contributed by atoms with Gasteiger partial charge < -0.3 is 10.2 Å². The lowest BCUT2D eigenvalue weighted by molar-refractivity contribution is 0.949. The van der Waals surface area contributed by atoms with Crippen molar-refractivity contribution >= 4 is 22.3 Å². The number of anilines is 2. The molecule has 2 heterocycles. The van der Waals surface area contributed by atoms with Crippen molar-refractivity contribution in [2.24, 2.45) is 0 Å². The maximum absolute atomic E-state index is 4.78. The van der Waals surface area contributed by atoms with Crippen LogP contribution in [0.1, 0.15) is 35.2 Å². The molecule has 0 atom stereocenters. The van der Waals surface area contributed by atoms with Gasteiger partial charge in [0.05, 0.1) is 5.52 Å². The summed E-state index contributed by atoms with van der Waals surface area (Å²) in [5, 5.41) is 4.82. The van der Waals surface area contributed by atoms with Crippen molar-refractivity contribution in [2.45, 2.75) is 40.2 Å². The number of benzene rings is 2. The number of fused-ring (bicyclic) bond motifs is 1. The summed E-state index contributed by atoms with van der Waals surface area (Å²) < 4.78 is 0. The summed E-state index contributed by atoms with van der Waals surface area (Å²) in [6.45, 7) is 9.54. The highest BCUT2D eigenvalue weighted by atomic mass is 15.1. The third-order valence-corrected chi connectivity index (χ3v) is 5.14. The molecular formula is C23H27N3. The van der Waals surface area contributed by atoms with Crippen LogP contribution in [-0.2, 0) is 6.54 Å². The first-order chi connectivity index (χ1) is 12.6.